The van der Waals surface area contributed by atoms with Crippen LogP contribution in [0.25, 0.3) is 22.3 Å². The van der Waals surface area contributed by atoms with Gasteiger partial charge < -0.3 is 15.6 Å². The Hall–Kier alpha value is -4.05. The Bertz CT molecular complexity index is 1450. The Morgan fingerprint density at radius 3 is 2.67 bits per heavy atom. The van der Waals surface area contributed by atoms with Crippen LogP contribution in [-0.4, -0.2) is 61.1 Å². The molecule has 5 heterocycles. The van der Waals surface area contributed by atoms with E-state index in [1.165, 1.54) is 6.20 Å². The van der Waals surface area contributed by atoms with E-state index in [9.17, 15) is 9.59 Å². The maximum Gasteiger partial charge on any atom is 0.257 e. The minimum atomic E-state index is -0.304. The minimum Gasteiger partial charge on any atom is -0.339 e. The summed E-state index contributed by atoms with van der Waals surface area (Å²) >= 11 is 0. The molecule has 0 atom stereocenters. The second kappa shape index (κ2) is 9.19. The monoisotopic (exact) mass is 486 g/mol. The standard InChI is InChI=1S/C26H30N8O2/c1-16-21(9-20(12-27-16)30-23(35)14-34-6-5-26(2,3)15-34)32-25(36)18-7-17-8-22(31-24(17)28-10-18)19-11-29-33(4)13-19/h7-13H,5-6,14-15H2,1-4H3,(H,28,31)(H,30,35)(H,32,36). The van der Waals surface area contributed by atoms with Gasteiger partial charge in [-0.05, 0) is 43.5 Å². The summed E-state index contributed by atoms with van der Waals surface area (Å²) in [5, 5.41) is 10.8. The topological polar surface area (TPSA) is 121 Å². The summed E-state index contributed by atoms with van der Waals surface area (Å²) in [6.07, 6.45) is 7.89. The highest BCUT2D eigenvalue weighted by Crippen LogP contribution is 2.28. The first kappa shape index (κ1) is 23.7. The molecule has 2 amide bonds. The number of amides is 2. The van der Waals surface area contributed by atoms with Gasteiger partial charge >= 0.3 is 0 Å². The van der Waals surface area contributed by atoms with Crippen molar-refractivity contribution < 1.29 is 9.59 Å². The number of aromatic nitrogens is 5. The third-order valence-electron chi connectivity index (χ3n) is 6.49. The quantitative estimate of drug-likeness (QED) is 0.383. The Kier molecular flexibility index (Phi) is 6.05. The summed E-state index contributed by atoms with van der Waals surface area (Å²) < 4.78 is 1.73. The lowest BCUT2D eigenvalue weighted by molar-refractivity contribution is -0.117. The van der Waals surface area contributed by atoms with Gasteiger partial charge in [0.1, 0.15) is 5.65 Å². The van der Waals surface area contributed by atoms with Crippen molar-refractivity contribution in [3.05, 3.63) is 54.2 Å². The van der Waals surface area contributed by atoms with E-state index in [1.807, 2.05) is 19.3 Å². The first-order valence-corrected chi connectivity index (χ1v) is 11.9. The smallest absolute Gasteiger partial charge is 0.257 e. The lowest BCUT2D eigenvalue weighted by Crippen LogP contribution is -2.32. The van der Waals surface area contributed by atoms with Crippen molar-refractivity contribution in [2.45, 2.75) is 27.2 Å². The van der Waals surface area contributed by atoms with Gasteiger partial charge in [0, 0.05) is 36.9 Å². The van der Waals surface area contributed by atoms with Crippen molar-refractivity contribution in [2.75, 3.05) is 30.3 Å². The van der Waals surface area contributed by atoms with Crippen molar-refractivity contribution in [3.63, 3.8) is 0 Å². The molecule has 186 valence electrons. The van der Waals surface area contributed by atoms with E-state index < -0.39 is 0 Å². The molecule has 10 heteroatoms. The van der Waals surface area contributed by atoms with Crippen LogP contribution >= 0.6 is 0 Å². The molecule has 0 aliphatic carbocycles. The number of anilines is 2. The second-order valence-corrected chi connectivity index (χ2v) is 10.2. The van der Waals surface area contributed by atoms with Gasteiger partial charge in [-0.2, -0.15) is 5.10 Å². The van der Waals surface area contributed by atoms with E-state index in [0.717, 1.165) is 36.2 Å². The number of H-pyrrole nitrogens is 1. The molecule has 0 spiro atoms. The number of pyridine rings is 2. The molecule has 1 aliphatic heterocycles. The zero-order chi connectivity index (χ0) is 25.4. The van der Waals surface area contributed by atoms with Crippen molar-refractivity contribution in [1.82, 2.24) is 29.6 Å². The molecular formula is C26H30N8O2. The Morgan fingerprint density at radius 2 is 1.94 bits per heavy atom. The van der Waals surface area contributed by atoms with Crippen LogP contribution in [0, 0.1) is 12.3 Å². The molecule has 1 fully saturated rings. The Labute approximate surface area is 209 Å². The van der Waals surface area contributed by atoms with Crippen LogP contribution in [0.1, 0.15) is 36.3 Å². The number of hydrogen-bond donors (Lipinski definition) is 3. The van der Waals surface area contributed by atoms with Crippen LogP contribution in [0.15, 0.2) is 43.0 Å². The molecule has 4 aromatic heterocycles. The van der Waals surface area contributed by atoms with E-state index in [-0.39, 0.29) is 17.2 Å². The highest BCUT2D eigenvalue weighted by atomic mass is 16.2. The predicted molar refractivity (Wildman–Crippen MR) is 139 cm³/mol. The summed E-state index contributed by atoms with van der Waals surface area (Å²) in [6, 6.07) is 5.47. The summed E-state index contributed by atoms with van der Waals surface area (Å²) in [4.78, 5) is 39.8. The molecule has 3 N–H and O–H groups in total. The zero-order valence-corrected chi connectivity index (χ0v) is 20.9. The summed E-state index contributed by atoms with van der Waals surface area (Å²) in [7, 11) is 1.86. The SMILES string of the molecule is Cc1ncc(NC(=O)CN2CCC(C)(C)C2)cc1NC(=O)c1cnc2[nH]c(-c3cnn(C)c3)cc2c1. The molecule has 0 radical (unpaired) electrons. The van der Waals surface area contributed by atoms with Crippen LogP contribution in [0.4, 0.5) is 11.4 Å². The van der Waals surface area contributed by atoms with Gasteiger partial charge in [-0.25, -0.2) is 4.98 Å². The molecule has 1 aliphatic rings. The first-order valence-electron chi connectivity index (χ1n) is 11.9. The molecule has 5 rings (SSSR count). The van der Waals surface area contributed by atoms with Gasteiger partial charge in [-0.1, -0.05) is 13.8 Å². The maximum absolute atomic E-state index is 13.0. The maximum atomic E-state index is 13.0. The number of nitrogens with zero attached hydrogens (tertiary/aromatic N) is 5. The molecule has 0 unspecified atom stereocenters. The largest absolute Gasteiger partial charge is 0.339 e. The van der Waals surface area contributed by atoms with Gasteiger partial charge in [-0.3, -0.25) is 24.2 Å². The highest BCUT2D eigenvalue weighted by molar-refractivity contribution is 6.06. The van der Waals surface area contributed by atoms with E-state index in [0.29, 0.717) is 34.8 Å². The van der Waals surface area contributed by atoms with Crippen LogP contribution in [0.2, 0.25) is 0 Å². The van der Waals surface area contributed by atoms with Crippen molar-refractivity contribution in [3.8, 4) is 11.3 Å². The predicted octanol–water partition coefficient (Wildman–Crippen LogP) is 3.59. The molecule has 4 aromatic rings. The fraction of sp³-hybridized carbons (Fsp3) is 0.346. The Balaban J connectivity index is 1.27. The molecular weight excluding hydrogens is 456 g/mol. The third kappa shape index (κ3) is 5.13. The number of nitrogens with one attached hydrogen (secondary N) is 3. The van der Waals surface area contributed by atoms with Crippen LogP contribution < -0.4 is 10.6 Å². The lowest BCUT2D eigenvalue weighted by atomic mass is 9.93. The van der Waals surface area contributed by atoms with E-state index >= 15 is 0 Å². The molecule has 36 heavy (non-hydrogen) atoms. The molecule has 0 bridgehead atoms. The van der Waals surface area contributed by atoms with Crippen LogP contribution in [0.3, 0.4) is 0 Å². The fourth-order valence-electron chi connectivity index (χ4n) is 4.54. The van der Waals surface area contributed by atoms with E-state index in [1.54, 1.807) is 36.1 Å². The zero-order valence-electron chi connectivity index (χ0n) is 20.9. The number of carbonyl (C=O) groups excluding carboxylic acids is 2. The normalized spacial score (nSPS) is 15.3. The molecule has 10 nitrogen and oxygen atoms in total. The van der Waals surface area contributed by atoms with E-state index in [2.05, 4.69) is 49.4 Å². The van der Waals surface area contributed by atoms with Crippen molar-refractivity contribution in [2.24, 2.45) is 12.5 Å². The van der Waals surface area contributed by atoms with Gasteiger partial charge in [-0.15, -0.1) is 0 Å². The van der Waals surface area contributed by atoms with Crippen LogP contribution in [-0.2, 0) is 11.8 Å². The van der Waals surface area contributed by atoms with Gasteiger partial charge in [0.25, 0.3) is 5.91 Å². The average molecular weight is 487 g/mol. The van der Waals surface area contributed by atoms with Crippen molar-refractivity contribution >= 4 is 34.2 Å². The number of rotatable bonds is 6. The molecule has 1 saturated heterocycles. The number of aryl methyl sites for hydroxylation is 2. The average Bonchev–Trinajstić information content (AvgIpc) is 3.53. The second-order valence-electron chi connectivity index (χ2n) is 10.2. The number of likely N-dealkylation sites (tertiary alicyclic amines) is 1. The third-order valence-corrected chi connectivity index (χ3v) is 6.49. The number of fused-ring (bicyclic) bond motifs is 1. The lowest BCUT2D eigenvalue weighted by Gasteiger charge is -2.19. The van der Waals surface area contributed by atoms with Gasteiger partial charge in [0.15, 0.2) is 0 Å². The van der Waals surface area contributed by atoms with Crippen molar-refractivity contribution in [1.29, 1.82) is 0 Å². The minimum absolute atomic E-state index is 0.0952. The van der Waals surface area contributed by atoms with Gasteiger partial charge in [0.2, 0.25) is 5.91 Å². The number of hydrogen-bond acceptors (Lipinski definition) is 6. The fourth-order valence-corrected chi connectivity index (χ4v) is 4.54. The van der Waals surface area contributed by atoms with Crippen LogP contribution in [0.5, 0.6) is 0 Å². The highest BCUT2D eigenvalue weighted by Gasteiger charge is 2.30. The molecule has 0 aromatic carbocycles. The summed E-state index contributed by atoms with van der Waals surface area (Å²) in [5.41, 5.74) is 4.89. The first-order chi connectivity index (χ1) is 17.1. The number of carbonyl (C=O) groups is 2. The Morgan fingerprint density at radius 1 is 1.11 bits per heavy atom. The summed E-state index contributed by atoms with van der Waals surface area (Å²) in [6.45, 7) is 8.39. The van der Waals surface area contributed by atoms with E-state index in [4.69, 9.17) is 0 Å². The molecule has 0 saturated carbocycles. The summed E-state index contributed by atoms with van der Waals surface area (Å²) in [5.74, 6) is -0.400. The number of aromatic amines is 1. The van der Waals surface area contributed by atoms with Gasteiger partial charge in [0.05, 0.1) is 47.3 Å².